The molecule has 0 fully saturated rings. The summed E-state index contributed by atoms with van der Waals surface area (Å²) in [4.78, 5) is 0.949. The van der Waals surface area contributed by atoms with Gasteiger partial charge in [-0.25, -0.2) is 0 Å². The summed E-state index contributed by atoms with van der Waals surface area (Å²) in [6.45, 7) is 1.60. The van der Waals surface area contributed by atoms with Crippen molar-refractivity contribution in [2.75, 3.05) is 5.84 Å². The quantitative estimate of drug-likeness (QED) is 0.485. The zero-order valence-corrected chi connectivity index (χ0v) is 4.43. The van der Waals surface area contributed by atoms with Gasteiger partial charge in [0.1, 0.15) is 0 Å². The summed E-state index contributed by atoms with van der Waals surface area (Å²) in [5.74, 6) is 4.54. The zero-order valence-electron chi connectivity index (χ0n) is 4.43. The van der Waals surface area contributed by atoms with Crippen molar-refractivity contribution in [1.29, 1.82) is 0 Å². The second-order valence-corrected chi connectivity index (χ2v) is 1.58. The Morgan fingerprint density at radius 1 is 1.88 bits per heavy atom. The molecule has 1 rings (SSSR count). The molecule has 0 aliphatic carbocycles. The van der Waals surface area contributed by atoms with Crippen LogP contribution in [0, 0.1) is 12.9 Å². The van der Waals surface area contributed by atoms with E-state index in [-0.39, 0.29) is 0 Å². The molecule has 44 valence electrons. The summed E-state index contributed by atoms with van der Waals surface area (Å²) in [6, 6.07) is 0. The molecule has 1 aromatic heterocycles. The summed E-state index contributed by atoms with van der Waals surface area (Å²) in [5, 5.41) is 3.24. The normalized spacial score (nSPS) is 9.75. The lowest BCUT2D eigenvalue weighted by Crippen LogP contribution is -2.07. The molecule has 0 bridgehead atoms. The number of aromatic nitrogens is 2. The smallest absolute Gasteiger partial charge is 0.237 e. The number of nitrogens with two attached hydrogens (primary N) is 1. The van der Waals surface area contributed by atoms with Gasteiger partial charge in [0.2, 0.25) is 5.95 Å². The first-order chi connectivity index (χ1) is 3.70. The van der Waals surface area contributed by atoms with Crippen molar-refractivity contribution in [3.8, 4) is 0 Å². The average molecular weight is 115 g/mol. The van der Waals surface area contributed by atoms with Crippen LogP contribution in [0.2, 0.25) is 0 Å². The third-order valence-electron chi connectivity index (χ3n) is 0.855. The number of halogens is 1. The lowest BCUT2D eigenvalue weighted by molar-refractivity contribution is 0.556. The summed E-state index contributed by atoms with van der Waals surface area (Å²) in [5.41, 5.74) is 0.465. The highest BCUT2D eigenvalue weighted by Gasteiger charge is 1.98. The van der Waals surface area contributed by atoms with E-state index in [9.17, 15) is 4.39 Å². The summed E-state index contributed by atoms with van der Waals surface area (Å²) >= 11 is 0. The molecule has 2 N–H and O–H groups in total. The van der Waals surface area contributed by atoms with Gasteiger partial charge < -0.3 is 5.84 Å². The Morgan fingerprint density at radius 2 is 2.50 bits per heavy atom. The van der Waals surface area contributed by atoms with Crippen LogP contribution >= 0.6 is 0 Å². The van der Waals surface area contributed by atoms with Gasteiger partial charge in [0, 0.05) is 5.56 Å². The molecule has 0 aliphatic rings. The highest BCUT2D eigenvalue weighted by atomic mass is 19.1. The van der Waals surface area contributed by atoms with Crippen molar-refractivity contribution in [2.24, 2.45) is 0 Å². The maximum Gasteiger partial charge on any atom is 0.237 e. The average Bonchev–Trinajstić information content (AvgIpc) is 1.85. The van der Waals surface area contributed by atoms with Crippen LogP contribution in [0.25, 0.3) is 0 Å². The Labute approximate surface area is 45.9 Å². The van der Waals surface area contributed by atoms with Crippen LogP contribution < -0.4 is 5.84 Å². The van der Waals surface area contributed by atoms with Gasteiger partial charge in [-0.1, -0.05) is 0 Å². The molecular weight excluding hydrogens is 109 g/mol. The van der Waals surface area contributed by atoms with Crippen molar-refractivity contribution in [1.82, 2.24) is 9.89 Å². The molecule has 0 aromatic carbocycles. The van der Waals surface area contributed by atoms with E-state index in [4.69, 9.17) is 5.84 Å². The Bertz CT molecular complexity index is 174. The number of hydrogen-bond donors (Lipinski definition) is 1. The molecular formula is C4H6FN3. The van der Waals surface area contributed by atoms with Crippen LogP contribution in [0.4, 0.5) is 4.39 Å². The monoisotopic (exact) mass is 115 g/mol. The summed E-state index contributed by atoms with van der Waals surface area (Å²) in [6.07, 6.45) is 1.41. The summed E-state index contributed by atoms with van der Waals surface area (Å²) in [7, 11) is 0. The van der Waals surface area contributed by atoms with Gasteiger partial charge in [0.05, 0.1) is 6.20 Å². The highest BCUT2D eigenvalue weighted by Crippen LogP contribution is 1.97. The molecule has 0 radical (unpaired) electrons. The Morgan fingerprint density at radius 3 is 2.62 bits per heavy atom. The van der Waals surface area contributed by atoms with E-state index >= 15 is 0 Å². The van der Waals surface area contributed by atoms with Gasteiger partial charge >= 0.3 is 0 Å². The molecule has 0 unspecified atom stereocenters. The topological polar surface area (TPSA) is 43.8 Å². The first-order valence-corrected chi connectivity index (χ1v) is 2.17. The van der Waals surface area contributed by atoms with Gasteiger partial charge in [-0.2, -0.15) is 9.18 Å². The largest absolute Gasteiger partial charge is 0.323 e. The van der Waals surface area contributed by atoms with Crippen molar-refractivity contribution in [2.45, 2.75) is 6.92 Å². The fourth-order valence-corrected chi connectivity index (χ4v) is 0.461. The van der Waals surface area contributed by atoms with Crippen molar-refractivity contribution in [3.05, 3.63) is 17.7 Å². The molecule has 0 spiro atoms. The van der Waals surface area contributed by atoms with E-state index in [1.165, 1.54) is 6.20 Å². The second kappa shape index (κ2) is 1.47. The van der Waals surface area contributed by atoms with E-state index in [2.05, 4.69) is 5.10 Å². The molecule has 0 atom stereocenters. The molecule has 0 amide bonds. The van der Waals surface area contributed by atoms with Crippen LogP contribution in [0.5, 0.6) is 0 Å². The van der Waals surface area contributed by atoms with Crippen molar-refractivity contribution in [3.63, 3.8) is 0 Å². The van der Waals surface area contributed by atoms with E-state index in [0.29, 0.717) is 5.56 Å². The lowest BCUT2D eigenvalue weighted by atomic mass is 10.4. The zero-order chi connectivity index (χ0) is 6.15. The van der Waals surface area contributed by atoms with Crippen molar-refractivity contribution >= 4 is 0 Å². The predicted molar refractivity (Wildman–Crippen MR) is 27.1 cm³/mol. The van der Waals surface area contributed by atoms with Gasteiger partial charge in [0.15, 0.2) is 0 Å². The minimum Gasteiger partial charge on any atom is -0.323 e. The van der Waals surface area contributed by atoms with Gasteiger partial charge in [-0.05, 0) is 6.92 Å². The maximum absolute atomic E-state index is 12.1. The predicted octanol–water partition coefficient (Wildman–Crippen LogP) is 0.0444. The number of aryl methyl sites for hydroxylation is 1. The minimum absolute atomic E-state index is 0.465. The molecule has 0 saturated carbocycles. The fraction of sp³-hybridized carbons (Fsp3) is 0.250. The molecule has 8 heavy (non-hydrogen) atoms. The van der Waals surface area contributed by atoms with Gasteiger partial charge in [-0.15, -0.1) is 5.10 Å². The Balaban J connectivity index is 3.14. The van der Waals surface area contributed by atoms with Crippen molar-refractivity contribution < 1.29 is 4.39 Å². The van der Waals surface area contributed by atoms with E-state index < -0.39 is 5.95 Å². The summed E-state index contributed by atoms with van der Waals surface area (Å²) < 4.78 is 12.1. The minimum atomic E-state index is -0.507. The molecule has 1 heterocycles. The second-order valence-electron chi connectivity index (χ2n) is 1.58. The Kier molecular flexibility index (Phi) is 0.932. The number of rotatable bonds is 0. The van der Waals surface area contributed by atoms with Gasteiger partial charge in [-0.3, -0.25) is 0 Å². The van der Waals surface area contributed by atoms with Crippen LogP contribution in [-0.4, -0.2) is 9.89 Å². The number of nitrogen functional groups attached to an aromatic ring is 1. The van der Waals surface area contributed by atoms with E-state index in [1.807, 2.05) is 0 Å². The number of nitrogens with zero attached hydrogens (tertiary/aromatic N) is 2. The first-order valence-electron chi connectivity index (χ1n) is 2.17. The standard InChI is InChI=1S/C4H6FN3/c1-3-2-8(6)7-4(3)5/h2H,6H2,1H3. The number of hydrogen-bond acceptors (Lipinski definition) is 2. The molecule has 0 saturated heterocycles. The van der Waals surface area contributed by atoms with Crippen LogP contribution in [-0.2, 0) is 0 Å². The van der Waals surface area contributed by atoms with Crippen LogP contribution in [0.1, 0.15) is 5.56 Å². The third kappa shape index (κ3) is 0.641. The lowest BCUT2D eigenvalue weighted by Gasteiger charge is -1.79. The molecule has 0 aliphatic heterocycles. The van der Waals surface area contributed by atoms with Gasteiger partial charge in [0.25, 0.3) is 0 Å². The first kappa shape index (κ1) is 5.08. The fourth-order valence-electron chi connectivity index (χ4n) is 0.461. The molecule has 3 nitrogen and oxygen atoms in total. The van der Waals surface area contributed by atoms with E-state index in [0.717, 1.165) is 4.79 Å². The maximum atomic E-state index is 12.1. The van der Waals surface area contributed by atoms with Crippen LogP contribution in [0.15, 0.2) is 6.20 Å². The Hall–Kier alpha value is -1.06. The SMILES string of the molecule is Cc1cn(N)nc1F. The van der Waals surface area contributed by atoms with E-state index in [1.54, 1.807) is 6.92 Å². The van der Waals surface area contributed by atoms with Crippen LogP contribution in [0.3, 0.4) is 0 Å². The highest BCUT2D eigenvalue weighted by molar-refractivity contribution is 5.02. The molecule has 1 aromatic rings. The molecule has 4 heteroatoms. The third-order valence-corrected chi connectivity index (χ3v) is 0.855.